The first-order chi connectivity index (χ1) is 12.2. The van der Waals surface area contributed by atoms with Gasteiger partial charge in [0.2, 0.25) is 0 Å². The third kappa shape index (κ3) is 2.50. The molecule has 2 aliphatic rings. The summed E-state index contributed by atoms with van der Waals surface area (Å²) in [7, 11) is 2.23. The number of piperidine rings is 1. The molecule has 3 nitrogen and oxygen atoms in total. The molecule has 5 rings (SSSR count). The van der Waals surface area contributed by atoms with E-state index in [4.69, 9.17) is 0 Å². The van der Waals surface area contributed by atoms with E-state index in [0.29, 0.717) is 5.92 Å². The number of benzene rings is 1. The number of aromatic nitrogens is 2. The maximum Gasteiger partial charge on any atom is 0.0535 e. The number of aryl methyl sites for hydroxylation is 1. The van der Waals surface area contributed by atoms with Crippen LogP contribution in [-0.2, 0) is 0 Å². The van der Waals surface area contributed by atoms with E-state index in [-0.39, 0.29) is 0 Å². The maximum absolute atomic E-state index is 4.18. The fourth-order valence-corrected chi connectivity index (χ4v) is 4.56. The quantitative estimate of drug-likeness (QED) is 0.776. The third-order valence-electron chi connectivity index (χ3n) is 5.91. The standard InChI is InChI=1S/C22H23N3/c1-14-3-5-16(6-4-14)22-17(15-7-9-23-10-8-15)11-20(24-22)21-18-12-25(2)13-19(18)21/h3-11,18-19,21,24H,12-13H2,1-2H3. The first-order valence-corrected chi connectivity index (χ1v) is 9.09. The Balaban J connectivity index is 1.58. The van der Waals surface area contributed by atoms with E-state index >= 15 is 0 Å². The molecule has 3 heterocycles. The summed E-state index contributed by atoms with van der Waals surface area (Å²) in [4.78, 5) is 10.4. The van der Waals surface area contributed by atoms with E-state index in [1.165, 1.54) is 46.7 Å². The second kappa shape index (κ2) is 5.57. The van der Waals surface area contributed by atoms with Gasteiger partial charge in [-0.1, -0.05) is 29.8 Å². The molecule has 1 saturated carbocycles. The Morgan fingerprint density at radius 1 is 0.960 bits per heavy atom. The van der Waals surface area contributed by atoms with Crippen molar-refractivity contribution in [3.05, 3.63) is 66.1 Å². The Labute approximate surface area is 148 Å². The molecule has 1 saturated heterocycles. The summed E-state index contributed by atoms with van der Waals surface area (Å²) in [5.41, 5.74) is 7.72. The zero-order valence-electron chi connectivity index (χ0n) is 14.7. The van der Waals surface area contributed by atoms with Gasteiger partial charge in [-0.2, -0.15) is 0 Å². The summed E-state index contributed by atoms with van der Waals surface area (Å²) in [5.74, 6) is 2.37. The van der Waals surface area contributed by atoms with Gasteiger partial charge >= 0.3 is 0 Å². The van der Waals surface area contributed by atoms with Crippen LogP contribution in [0.5, 0.6) is 0 Å². The molecule has 3 aromatic rings. The molecule has 1 aromatic carbocycles. The van der Waals surface area contributed by atoms with Crippen LogP contribution in [0, 0.1) is 18.8 Å². The number of pyridine rings is 1. The number of nitrogens with zero attached hydrogens (tertiary/aromatic N) is 2. The predicted molar refractivity (Wildman–Crippen MR) is 101 cm³/mol. The number of H-pyrrole nitrogens is 1. The lowest BCUT2D eigenvalue weighted by atomic mass is 10.0. The van der Waals surface area contributed by atoms with Crippen LogP contribution in [0.1, 0.15) is 17.2 Å². The second-order valence-corrected chi connectivity index (χ2v) is 7.69. The predicted octanol–water partition coefficient (Wildman–Crippen LogP) is 4.33. The molecular weight excluding hydrogens is 306 g/mol. The number of rotatable bonds is 3. The Morgan fingerprint density at radius 2 is 1.64 bits per heavy atom. The van der Waals surface area contributed by atoms with Gasteiger partial charge in [-0.25, -0.2) is 0 Å². The van der Waals surface area contributed by atoms with Crippen molar-refractivity contribution >= 4 is 0 Å². The van der Waals surface area contributed by atoms with Crippen LogP contribution in [0.2, 0.25) is 0 Å². The molecule has 2 unspecified atom stereocenters. The summed E-state index contributed by atoms with van der Waals surface area (Å²) in [5, 5.41) is 0. The molecular formula is C22H23N3. The van der Waals surface area contributed by atoms with Crippen LogP contribution >= 0.6 is 0 Å². The molecule has 1 N–H and O–H groups in total. The van der Waals surface area contributed by atoms with E-state index in [9.17, 15) is 0 Å². The zero-order chi connectivity index (χ0) is 17.0. The molecule has 2 fully saturated rings. The van der Waals surface area contributed by atoms with Crippen molar-refractivity contribution in [1.82, 2.24) is 14.9 Å². The van der Waals surface area contributed by atoms with Gasteiger partial charge in [0.15, 0.2) is 0 Å². The van der Waals surface area contributed by atoms with Gasteiger partial charge in [-0.15, -0.1) is 0 Å². The summed E-state index contributed by atoms with van der Waals surface area (Å²) < 4.78 is 0. The molecule has 1 aliphatic heterocycles. The van der Waals surface area contributed by atoms with Crippen LogP contribution < -0.4 is 0 Å². The summed E-state index contributed by atoms with van der Waals surface area (Å²) in [6, 6.07) is 15.4. The number of hydrogen-bond donors (Lipinski definition) is 1. The van der Waals surface area contributed by atoms with Crippen molar-refractivity contribution in [3.8, 4) is 22.4 Å². The molecule has 2 atom stereocenters. The number of hydrogen-bond acceptors (Lipinski definition) is 2. The lowest BCUT2D eigenvalue weighted by molar-refractivity contribution is 0.362. The molecule has 1 aliphatic carbocycles. The highest BCUT2D eigenvalue weighted by Gasteiger charge is 2.56. The molecule has 0 amide bonds. The van der Waals surface area contributed by atoms with E-state index in [1.807, 2.05) is 12.4 Å². The average molecular weight is 329 g/mol. The monoisotopic (exact) mass is 329 g/mol. The number of likely N-dealkylation sites (tertiary alicyclic amines) is 1. The lowest BCUT2D eigenvalue weighted by Crippen LogP contribution is -2.18. The normalized spacial score (nSPS) is 25.1. The highest BCUT2D eigenvalue weighted by molar-refractivity contribution is 5.82. The minimum atomic E-state index is 0.705. The topological polar surface area (TPSA) is 31.9 Å². The van der Waals surface area contributed by atoms with Gasteiger partial charge in [0.05, 0.1) is 5.69 Å². The smallest absolute Gasteiger partial charge is 0.0535 e. The molecule has 126 valence electrons. The Kier molecular flexibility index (Phi) is 3.32. The maximum atomic E-state index is 4.18. The first-order valence-electron chi connectivity index (χ1n) is 9.09. The molecule has 2 aromatic heterocycles. The molecule has 0 bridgehead atoms. The van der Waals surface area contributed by atoms with Gasteiger partial charge in [-0.3, -0.25) is 4.98 Å². The third-order valence-corrected chi connectivity index (χ3v) is 5.91. The van der Waals surface area contributed by atoms with Crippen LogP contribution in [0.25, 0.3) is 22.4 Å². The summed E-state index contributed by atoms with van der Waals surface area (Å²) in [6.07, 6.45) is 3.75. The van der Waals surface area contributed by atoms with Crippen LogP contribution in [0.3, 0.4) is 0 Å². The lowest BCUT2D eigenvalue weighted by Gasteiger charge is -2.11. The Bertz CT molecular complexity index is 883. The van der Waals surface area contributed by atoms with Crippen molar-refractivity contribution in [1.29, 1.82) is 0 Å². The Hall–Kier alpha value is -2.39. The number of nitrogens with one attached hydrogen (secondary N) is 1. The highest BCUT2D eigenvalue weighted by atomic mass is 15.2. The van der Waals surface area contributed by atoms with Crippen LogP contribution in [0.15, 0.2) is 54.9 Å². The largest absolute Gasteiger partial charge is 0.358 e. The SMILES string of the molecule is Cc1ccc(-c2[nH]c(C3C4CN(C)CC43)cc2-c2ccncc2)cc1. The van der Waals surface area contributed by atoms with Crippen molar-refractivity contribution in [2.24, 2.45) is 11.8 Å². The summed E-state index contributed by atoms with van der Waals surface area (Å²) >= 11 is 0. The molecule has 0 radical (unpaired) electrons. The van der Waals surface area contributed by atoms with Crippen LogP contribution in [0.4, 0.5) is 0 Å². The van der Waals surface area contributed by atoms with E-state index < -0.39 is 0 Å². The minimum absolute atomic E-state index is 0.705. The van der Waals surface area contributed by atoms with Crippen molar-refractivity contribution in [2.45, 2.75) is 12.8 Å². The van der Waals surface area contributed by atoms with Gasteiger partial charge < -0.3 is 9.88 Å². The first kappa shape index (κ1) is 14.9. The van der Waals surface area contributed by atoms with Crippen LogP contribution in [-0.4, -0.2) is 35.0 Å². The van der Waals surface area contributed by atoms with E-state index in [2.05, 4.69) is 71.3 Å². The zero-order valence-corrected chi connectivity index (χ0v) is 14.7. The van der Waals surface area contributed by atoms with E-state index in [1.54, 1.807) is 0 Å². The molecule has 25 heavy (non-hydrogen) atoms. The number of aromatic amines is 1. The molecule has 3 heteroatoms. The van der Waals surface area contributed by atoms with Crippen molar-refractivity contribution in [3.63, 3.8) is 0 Å². The highest BCUT2D eigenvalue weighted by Crippen LogP contribution is 2.58. The van der Waals surface area contributed by atoms with Gasteiger partial charge in [-0.05, 0) is 55.1 Å². The van der Waals surface area contributed by atoms with Gasteiger partial charge in [0, 0.05) is 42.7 Å². The van der Waals surface area contributed by atoms with Crippen molar-refractivity contribution < 1.29 is 0 Å². The van der Waals surface area contributed by atoms with Gasteiger partial charge in [0.1, 0.15) is 0 Å². The van der Waals surface area contributed by atoms with E-state index in [0.717, 1.165) is 11.8 Å². The minimum Gasteiger partial charge on any atom is -0.358 e. The fraction of sp³-hybridized carbons (Fsp3) is 0.318. The number of fused-ring (bicyclic) bond motifs is 1. The summed E-state index contributed by atoms with van der Waals surface area (Å²) in [6.45, 7) is 4.60. The Morgan fingerprint density at radius 3 is 2.32 bits per heavy atom. The van der Waals surface area contributed by atoms with Gasteiger partial charge in [0.25, 0.3) is 0 Å². The fourth-order valence-electron chi connectivity index (χ4n) is 4.56. The average Bonchev–Trinajstić information content (AvgIpc) is 2.99. The molecule has 0 spiro atoms. The second-order valence-electron chi connectivity index (χ2n) is 7.69. The van der Waals surface area contributed by atoms with Crippen molar-refractivity contribution in [2.75, 3.05) is 20.1 Å².